The minimum absolute atomic E-state index is 0.0148. The molecular formula is C17H15N3O7S. The standard InChI is InChI=1S/C17H15N3O7S/c1-10(21)15(20-19-14-5-3-2-4-13(14)17(23)24)16(22)18-11-6-8-12(9-7-11)28(25,26)27/h2-9,21H,1H3,(H,18,22)(H,23,24)(H,25,26,27)/b15-10+,20-19?. The molecule has 0 unspecified atom stereocenters. The van der Waals surface area contributed by atoms with E-state index in [1.165, 1.54) is 43.3 Å². The van der Waals surface area contributed by atoms with Crippen molar-refractivity contribution in [2.45, 2.75) is 11.8 Å². The number of nitrogens with one attached hydrogen (secondary N) is 1. The van der Waals surface area contributed by atoms with Gasteiger partial charge in [0.1, 0.15) is 11.4 Å². The maximum Gasteiger partial charge on any atom is 0.337 e. The first-order valence-electron chi connectivity index (χ1n) is 7.62. The van der Waals surface area contributed by atoms with Crippen molar-refractivity contribution in [2.75, 3.05) is 5.32 Å². The molecule has 146 valence electrons. The molecule has 28 heavy (non-hydrogen) atoms. The summed E-state index contributed by atoms with van der Waals surface area (Å²) in [5.74, 6) is -2.57. The van der Waals surface area contributed by atoms with Crippen molar-refractivity contribution in [1.29, 1.82) is 0 Å². The number of carboxylic acids is 1. The van der Waals surface area contributed by atoms with E-state index in [0.717, 1.165) is 12.1 Å². The zero-order valence-corrected chi connectivity index (χ0v) is 15.2. The van der Waals surface area contributed by atoms with Crippen molar-refractivity contribution in [3.05, 3.63) is 65.6 Å². The first kappa shape index (κ1) is 20.7. The molecule has 0 aromatic heterocycles. The van der Waals surface area contributed by atoms with Crippen molar-refractivity contribution in [1.82, 2.24) is 0 Å². The lowest BCUT2D eigenvalue weighted by atomic mass is 10.2. The molecule has 2 aromatic carbocycles. The maximum atomic E-state index is 12.3. The highest BCUT2D eigenvalue weighted by Gasteiger charge is 2.15. The summed E-state index contributed by atoms with van der Waals surface area (Å²) in [5.41, 5.74) is -0.460. The van der Waals surface area contributed by atoms with Gasteiger partial charge in [-0.05, 0) is 43.3 Å². The number of carbonyl (C=O) groups is 2. The van der Waals surface area contributed by atoms with Crippen molar-refractivity contribution in [2.24, 2.45) is 10.2 Å². The number of anilines is 1. The van der Waals surface area contributed by atoms with Crippen LogP contribution in [-0.2, 0) is 14.9 Å². The minimum atomic E-state index is -4.37. The third kappa shape index (κ3) is 5.22. The SMILES string of the molecule is C/C(O)=C(\N=Nc1ccccc1C(=O)O)C(=O)Nc1ccc(S(=O)(=O)O)cc1. The molecule has 0 bridgehead atoms. The highest BCUT2D eigenvalue weighted by atomic mass is 32.2. The van der Waals surface area contributed by atoms with E-state index >= 15 is 0 Å². The Kier molecular flexibility index (Phi) is 6.23. The number of carboxylic acid groups (broad SMARTS) is 1. The van der Waals surface area contributed by atoms with Crippen LogP contribution in [0.1, 0.15) is 17.3 Å². The van der Waals surface area contributed by atoms with E-state index in [1.54, 1.807) is 0 Å². The predicted octanol–water partition coefficient (Wildman–Crippen LogP) is 3.14. The molecule has 0 aliphatic rings. The van der Waals surface area contributed by atoms with Crippen molar-refractivity contribution in [3.63, 3.8) is 0 Å². The summed E-state index contributed by atoms with van der Waals surface area (Å²) in [6.07, 6.45) is 0. The number of hydrogen-bond acceptors (Lipinski definition) is 7. The average molecular weight is 405 g/mol. The van der Waals surface area contributed by atoms with Crippen LogP contribution in [0.25, 0.3) is 0 Å². The van der Waals surface area contributed by atoms with Crippen LogP contribution in [-0.4, -0.2) is 35.1 Å². The average Bonchev–Trinajstić information content (AvgIpc) is 2.61. The van der Waals surface area contributed by atoms with Crippen molar-refractivity contribution in [3.8, 4) is 0 Å². The number of aliphatic hydroxyl groups excluding tert-OH is 1. The molecule has 0 spiro atoms. The molecule has 11 heteroatoms. The third-order valence-electron chi connectivity index (χ3n) is 3.36. The Bertz CT molecular complexity index is 1070. The number of carbonyl (C=O) groups excluding carboxylic acids is 1. The van der Waals surface area contributed by atoms with Gasteiger partial charge >= 0.3 is 5.97 Å². The summed E-state index contributed by atoms with van der Waals surface area (Å²) in [6.45, 7) is 1.19. The van der Waals surface area contributed by atoms with Gasteiger partial charge < -0.3 is 15.5 Å². The highest BCUT2D eigenvalue weighted by Crippen LogP contribution is 2.21. The number of rotatable bonds is 6. The van der Waals surface area contributed by atoms with Gasteiger partial charge in [-0.15, -0.1) is 10.2 Å². The smallest absolute Gasteiger partial charge is 0.337 e. The summed E-state index contributed by atoms with van der Waals surface area (Å²) >= 11 is 0. The van der Waals surface area contributed by atoms with Gasteiger partial charge in [0, 0.05) is 5.69 Å². The number of amides is 1. The number of benzene rings is 2. The summed E-state index contributed by atoms with van der Waals surface area (Å²) in [5, 5.41) is 28.5. The van der Waals surface area contributed by atoms with Gasteiger partial charge in [0.05, 0.1) is 10.5 Å². The zero-order valence-electron chi connectivity index (χ0n) is 14.4. The van der Waals surface area contributed by atoms with Gasteiger partial charge in [0.2, 0.25) is 0 Å². The van der Waals surface area contributed by atoms with Gasteiger partial charge in [-0.2, -0.15) is 8.42 Å². The quantitative estimate of drug-likeness (QED) is 0.248. The molecule has 0 fully saturated rings. The number of hydrogen-bond donors (Lipinski definition) is 4. The fourth-order valence-electron chi connectivity index (χ4n) is 2.03. The zero-order chi connectivity index (χ0) is 20.9. The van der Waals surface area contributed by atoms with Crippen LogP contribution in [0, 0.1) is 0 Å². The molecule has 0 atom stereocenters. The molecule has 0 aliphatic carbocycles. The Balaban J connectivity index is 2.24. The molecule has 0 heterocycles. The number of allylic oxidation sites excluding steroid dienone is 1. The second-order valence-corrected chi connectivity index (χ2v) is 6.83. The van der Waals surface area contributed by atoms with Crippen LogP contribution in [0.15, 0.2) is 75.1 Å². The normalized spacial score (nSPS) is 12.5. The third-order valence-corrected chi connectivity index (χ3v) is 4.23. The number of aromatic carboxylic acids is 1. The van der Waals surface area contributed by atoms with Crippen LogP contribution in [0.5, 0.6) is 0 Å². The van der Waals surface area contributed by atoms with Gasteiger partial charge in [-0.25, -0.2) is 4.79 Å². The first-order valence-corrected chi connectivity index (χ1v) is 9.06. The van der Waals surface area contributed by atoms with Crippen LogP contribution < -0.4 is 5.32 Å². The minimum Gasteiger partial charge on any atom is -0.510 e. The van der Waals surface area contributed by atoms with E-state index in [0.29, 0.717) is 0 Å². The Morgan fingerprint density at radius 1 is 1.00 bits per heavy atom. The summed E-state index contributed by atoms with van der Waals surface area (Å²) in [4.78, 5) is 23.1. The molecule has 0 saturated heterocycles. The van der Waals surface area contributed by atoms with Crippen molar-refractivity contribution >= 4 is 33.4 Å². The molecule has 2 aromatic rings. The Hall–Kier alpha value is -3.57. The predicted molar refractivity (Wildman–Crippen MR) is 98.1 cm³/mol. The molecule has 10 nitrogen and oxygen atoms in total. The number of azo groups is 1. The summed E-state index contributed by atoms with van der Waals surface area (Å²) in [7, 11) is -4.37. The van der Waals surface area contributed by atoms with Gasteiger partial charge in [0.15, 0.2) is 5.70 Å². The largest absolute Gasteiger partial charge is 0.510 e. The highest BCUT2D eigenvalue weighted by molar-refractivity contribution is 7.85. The molecule has 2 rings (SSSR count). The van der Waals surface area contributed by atoms with Crippen LogP contribution >= 0.6 is 0 Å². The second kappa shape index (κ2) is 8.41. The molecule has 0 saturated carbocycles. The molecular weight excluding hydrogens is 390 g/mol. The van der Waals surface area contributed by atoms with Crippen LogP contribution in [0.4, 0.5) is 11.4 Å². The fraction of sp³-hybridized carbons (Fsp3) is 0.0588. The number of aliphatic hydroxyl groups is 1. The molecule has 0 radical (unpaired) electrons. The van der Waals surface area contributed by atoms with Crippen LogP contribution in [0.2, 0.25) is 0 Å². The van der Waals surface area contributed by atoms with Gasteiger partial charge in [-0.1, -0.05) is 12.1 Å². The Morgan fingerprint density at radius 2 is 1.61 bits per heavy atom. The lowest BCUT2D eigenvalue weighted by Crippen LogP contribution is -2.14. The van der Waals surface area contributed by atoms with Gasteiger partial charge in [-0.3, -0.25) is 9.35 Å². The van der Waals surface area contributed by atoms with Crippen LogP contribution in [0.3, 0.4) is 0 Å². The lowest BCUT2D eigenvalue weighted by Gasteiger charge is -2.06. The van der Waals surface area contributed by atoms with E-state index in [1.807, 2.05) is 0 Å². The molecule has 0 aliphatic heterocycles. The summed E-state index contributed by atoms with van der Waals surface area (Å²) < 4.78 is 31.0. The second-order valence-electron chi connectivity index (χ2n) is 5.41. The Labute approximate surface area is 159 Å². The van der Waals surface area contributed by atoms with E-state index in [4.69, 9.17) is 9.66 Å². The molecule has 4 N–H and O–H groups in total. The van der Waals surface area contributed by atoms with E-state index < -0.39 is 33.5 Å². The Morgan fingerprint density at radius 3 is 2.14 bits per heavy atom. The summed E-state index contributed by atoms with van der Waals surface area (Å²) in [6, 6.07) is 10.3. The first-order chi connectivity index (χ1) is 13.1. The van der Waals surface area contributed by atoms with E-state index in [2.05, 4.69) is 15.5 Å². The molecule has 1 amide bonds. The lowest BCUT2D eigenvalue weighted by molar-refractivity contribution is -0.113. The maximum absolute atomic E-state index is 12.3. The van der Waals surface area contributed by atoms with E-state index in [9.17, 15) is 23.1 Å². The van der Waals surface area contributed by atoms with Gasteiger partial charge in [0.25, 0.3) is 16.0 Å². The fourth-order valence-corrected chi connectivity index (χ4v) is 2.51. The van der Waals surface area contributed by atoms with Crippen molar-refractivity contribution < 1.29 is 32.8 Å². The topological polar surface area (TPSA) is 166 Å². The van der Waals surface area contributed by atoms with E-state index in [-0.39, 0.29) is 21.8 Å². The monoisotopic (exact) mass is 405 g/mol. The number of nitrogens with zero attached hydrogens (tertiary/aromatic N) is 2.